The number of allylic oxidation sites excluding steroid dienone is 4. The molecule has 3 nitrogen and oxygen atoms in total. The summed E-state index contributed by atoms with van der Waals surface area (Å²) >= 11 is 0. The van der Waals surface area contributed by atoms with E-state index in [4.69, 9.17) is 4.42 Å². The fraction of sp³-hybridized carbons (Fsp3) is 0.500. The van der Waals surface area contributed by atoms with E-state index < -0.39 is 5.63 Å². The summed E-state index contributed by atoms with van der Waals surface area (Å²) in [5.41, 5.74) is 2.39. The van der Waals surface area contributed by atoms with Crippen molar-refractivity contribution in [1.29, 1.82) is 0 Å². The summed E-state index contributed by atoms with van der Waals surface area (Å²) in [5, 5.41) is 9.74. The van der Waals surface area contributed by atoms with Crippen molar-refractivity contribution in [3.63, 3.8) is 0 Å². The second-order valence-corrected chi connectivity index (χ2v) is 5.08. The molecule has 1 aromatic rings. The van der Waals surface area contributed by atoms with Crippen LogP contribution in [0, 0.1) is 6.92 Å². The third-order valence-electron chi connectivity index (χ3n) is 2.90. The summed E-state index contributed by atoms with van der Waals surface area (Å²) in [6.45, 7) is 11.8. The van der Waals surface area contributed by atoms with E-state index in [-0.39, 0.29) is 5.75 Å². The Balaban J connectivity index is 0.00000191. The molecule has 118 valence electrons. The molecule has 1 N–H and O–H groups in total. The Hall–Kier alpha value is -1.77. The number of aromatic hydroxyl groups is 1. The summed E-state index contributed by atoms with van der Waals surface area (Å²) in [5.74, 6) is 0.442. The van der Waals surface area contributed by atoms with Gasteiger partial charge < -0.3 is 9.52 Å². The van der Waals surface area contributed by atoms with Crippen LogP contribution in [0.2, 0.25) is 0 Å². The molecule has 0 spiro atoms. The zero-order valence-electron chi connectivity index (χ0n) is 14.1. The maximum absolute atomic E-state index is 11.6. The second-order valence-electron chi connectivity index (χ2n) is 5.08. The molecule has 0 atom stereocenters. The predicted octanol–water partition coefficient (Wildman–Crippen LogP) is 4.92. The van der Waals surface area contributed by atoms with Gasteiger partial charge in [0, 0.05) is 12.5 Å². The molecule has 0 saturated heterocycles. The van der Waals surface area contributed by atoms with Gasteiger partial charge in [0.2, 0.25) is 0 Å². The van der Waals surface area contributed by atoms with Gasteiger partial charge >= 0.3 is 5.63 Å². The molecule has 0 saturated carbocycles. The number of aryl methyl sites for hydroxylation is 1. The largest absolute Gasteiger partial charge is 0.507 e. The van der Waals surface area contributed by atoms with Crippen molar-refractivity contribution >= 4 is 0 Å². The molecule has 0 aliphatic heterocycles. The van der Waals surface area contributed by atoms with Crippen molar-refractivity contribution in [2.75, 3.05) is 0 Å². The molecule has 0 amide bonds. The van der Waals surface area contributed by atoms with Crippen molar-refractivity contribution in [1.82, 2.24) is 0 Å². The predicted molar refractivity (Wildman–Crippen MR) is 88.9 cm³/mol. The summed E-state index contributed by atoms with van der Waals surface area (Å²) in [4.78, 5) is 11.6. The number of hydrogen-bond acceptors (Lipinski definition) is 3. The lowest BCUT2D eigenvalue weighted by Crippen LogP contribution is -2.07. The average Bonchev–Trinajstić information content (AvgIpc) is 2.39. The Morgan fingerprint density at radius 3 is 2.38 bits per heavy atom. The van der Waals surface area contributed by atoms with Crippen LogP contribution in [0.3, 0.4) is 0 Å². The van der Waals surface area contributed by atoms with E-state index in [0.717, 1.165) is 12.8 Å². The summed E-state index contributed by atoms with van der Waals surface area (Å²) in [7, 11) is 0. The molecule has 1 heterocycles. The van der Waals surface area contributed by atoms with Crippen molar-refractivity contribution in [3.8, 4) is 5.75 Å². The lowest BCUT2D eigenvalue weighted by molar-refractivity contribution is 0.425. The molecule has 3 heteroatoms. The summed E-state index contributed by atoms with van der Waals surface area (Å²) in [6.07, 6.45) is 6.53. The molecule has 0 radical (unpaired) electrons. The van der Waals surface area contributed by atoms with Crippen LogP contribution in [0.15, 0.2) is 38.6 Å². The van der Waals surface area contributed by atoms with Gasteiger partial charge in [0.25, 0.3) is 0 Å². The van der Waals surface area contributed by atoms with Crippen LogP contribution >= 0.6 is 0 Å². The van der Waals surface area contributed by atoms with E-state index in [1.54, 1.807) is 6.92 Å². The van der Waals surface area contributed by atoms with Gasteiger partial charge in [0.15, 0.2) is 0 Å². The van der Waals surface area contributed by atoms with Crippen molar-refractivity contribution in [2.24, 2.45) is 0 Å². The van der Waals surface area contributed by atoms with Crippen LogP contribution in [-0.4, -0.2) is 5.11 Å². The van der Waals surface area contributed by atoms with E-state index in [2.05, 4.69) is 19.9 Å². The standard InChI is InChI=1S/C16H22O3.C2H6/c1-11(2)6-5-7-12(3)8-9-14-15(17)10-13(4)19-16(14)18;1-2/h6,8,10,17H,5,7,9H2,1-4H3;1-2H3/b12-8+;. The van der Waals surface area contributed by atoms with Crippen molar-refractivity contribution in [3.05, 3.63) is 51.1 Å². The number of rotatable bonds is 5. The summed E-state index contributed by atoms with van der Waals surface area (Å²) < 4.78 is 4.98. The molecule has 1 rings (SSSR count). The smallest absolute Gasteiger partial charge is 0.343 e. The van der Waals surface area contributed by atoms with Gasteiger partial charge in [0.05, 0.1) is 5.56 Å². The zero-order valence-corrected chi connectivity index (χ0v) is 14.1. The quantitative estimate of drug-likeness (QED) is 0.784. The van der Waals surface area contributed by atoms with Crippen LogP contribution in [0.4, 0.5) is 0 Å². The summed E-state index contributed by atoms with van der Waals surface area (Å²) in [6, 6.07) is 1.48. The molecule has 0 aliphatic rings. The first-order valence-electron chi connectivity index (χ1n) is 7.51. The van der Waals surface area contributed by atoms with Gasteiger partial charge in [-0.3, -0.25) is 0 Å². The van der Waals surface area contributed by atoms with E-state index in [1.807, 2.05) is 26.8 Å². The van der Waals surface area contributed by atoms with E-state index in [9.17, 15) is 9.90 Å². The Morgan fingerprint density at radius 1 is 1.24 bits per heavy atom. The fourth-order valence-electron chi connectivity index (χ4n) is 1.78. The van der Waals surface area contributed by atoms with Crippen LogP contribution in [-0.2, 0) is 6.42 Å². The maximum Gasteiger partial charge on any atom is 0.343 e. The first-order valence-corrected chi connectivity index (χ1v) is 7.51. The zero-order chi connectivity index (χ0) is 16.4. The third-order valence-corrected chi connectivity index (χ3v) is 2.90. The van der Waals surface area contributed by atoms with E-state index >= 15 is 0 Å². The monoisotopic (exact) mass is 292 g/mol. The van der Waals surface area contributed by atoms with E-state index in [1.165, 1.54) is 17.2 Å². The van der Waals surface area contributed by atoms with Crippen molar-refractivity contribution in [2.45, 2.75) is 60.8 Å². The normalized spacial score (nSPS) is 10.7. The molecule has 0 bridgehead atoms. The molecule has 0 fully saturated rings. The van der Waals surface area contributed by atoms with Gasteiger partial charge in [-0.2, -0.15) is 0 Å². The Labute approximate surface area is 128 Å². The highest BCUT2D eigenvalue weighted by molar-refractivity contribution is 5.31. The highest BCUT2D eigenvalue weighted by Gasteiger charge is 2.07. The van der Waals surface area contributed by atoms with Crippen LogP contribution in [0.1, 0.15) is 58.8 Å². The molecule has 0 unspecified atom stereocenters. The molecular weight excluding hydrogens is 264 g/mol. The molecule has 1 aromatic heterocycles. The number of hydrogen-bond donors (Lipinski definition) is 1. The van der Waals surface area contributed by atoms with Gasteiger partial charge in [-0.15, -0.1) is 0 Å². The topological polar surface area (TPSA) is 50.4 Å². The molecular formula is C18H28O3. The van der Waals surface area contributed by atoms with Gasteiger partial charge in [-0.1, -0.05) is 37.1 Å². The highest BCUT2D eigenvalue weighted by atomic mass is 16.4. The fourth-order valence-corrected chi connectivity index (χ4v) is 1.78. The maximum atomic E-state index is 11.6. The first kappa shape index (κ1) is 19.2. The molecule has 0 aliphatic carbocycles. The van der Waals surface area contributed by atoms with Gasteiger partial charge in [-0.25, -0.2) is 4.79 Å². The van der Waals surface area contributed by atoms with Crippen LogP contribution in [0.25, 0.3) is 0 Å². The van der Waals surface area contributed by atoms with Crippen LogP contribution in [0.5, 0.6) is 5.75 Å². The SMILES string of the molecule is CC.CC(C)=CCC/C(C)=C/Cc1c(O)cc(C)oc1=O. The van der Waals surface area contributed by atoms with Crippen LogP contribution < -0.4 is 5.63 Å². The first-order chi connectivity index (χ1) is 9.90. The molecule has 21 heavy (non-hydrogen) atoms. The minimum absolute atomic E-state index is 0.0158. The minimum Gasteiger partial charge on any atom is -0.507 e. The molecule has 0 aromatic carbocycles. The van der Waals surface area contributed by atoms with Gasteiger partial charge in [-0.05, 0) is 40.5 Å². The lowest BCUT2D eigenvalue weighted by Gasteiger charge is -2.02. The Bertz CT molecular complexity index is 544. The van der Waals surface area contributed by atoms with Gasteiger partial charge in [0.1, 0.15) is 11.5 Å². The minimum atomic E-state index is -0.453. The highest BCUT2D eigenvalue weighted by Crippen LogP contribution is 2.16. The average molecular weight is 292 g/mol. The second kappa shape index (κ2) is 10.0. The lowest BCUT2D eigenvalue weighted by atomic mass is 10.1. The Kier molecular flexibility index (Phi) is 9.18. The third kappa shape index (κ3) is 7.54. The van der Waals surface area contributed by atoms with E-state index in [0.29, 0.717) is 17.7 Å². The Morgan fingerprint density at radius 2 is 1.86 bits per heavy atom. The van der Waals surface area contributed by atoms with Crippen molar-refractivity contribution < 1.29 is 9.52 Å².